The van der Waals surface area contributed by atoms with Gasteiger partial charge >= 0.3 is 0 Å². The highest BCUT2D eigenvalue weighted by atomic mass is 16.2. The Kier molecular flexibility index (Phi) is 6.62. The van der Waals surface area contributed by atoms with Crippen LogP contribution in [0.5, 0.6) is 0 Å². The minimum atomic E-state index is 0.317. The molecule has 2 aromatic rings. The van der Waals surface area contributed by atoms with E-state index >= 15 is 0 Å². The zero-order chi connectivity index (χ0) is 21.9. The molecule has 3 fully saturated rings. The lowest BCUT2D eigenvalue weighted by Crippen LogP contribution is -2.40. The zero-order valence-corrected chi connectivity index (χ0v) is 19.5. The molecule has 7 nitrogen and oxygen atoms in total. The molecule has 32 heavy (non-hydrogen) atoms. The molecule has 0 unspecified atom stereocenters. The van der Waals surface area contributed by atoms with Gasteiger partial charge in [-0.25, -0.2) is 4.98 Å². The Balaban J connectivity index is 1.22. The predicted molar refractivity (Wildman–Crippen MR) is 128 cm³/mol. The third-order valence-electron chi connectivity index (χ3n) is 7.89. The van der Waals surface area contributed by atoms with Gasteiger partial charge in [0.2, 0.25) is 5.91 Å². The number of carbonyl (C=O) groups excluding carboxylic acids is 1. The Labute approximate surface area is 191 Å². The number of hydrogen-bond acceptors (Lipinski definition) is 5. The number of likely N-dealkylation sites (tertiary alicyclic amines) is 2. The number of H-pyrrole nitrogens is 1. The van der Waals surface area contributed by atoms with Gasteiger partial charge in [0.05, 0.1) is 5.39 Å². The number of hydrogen-bond donors (Lipinski definition) is 2. The molecule has 174 valence electrons. The third kappa shape index (κ3) is 4.92. The number of nitrogens with one attached hydrogen (secondary N) is 2. The summed E-state index contributed by atoms with van der Waals surface area (Å²) in [6.45, 7) is 3.96. The van der Waals surface area contributed by atoms with Crippen molar-refractivity contribution in [1.82, 2.24) is 25.0 Å². The molecular formula is C25H38N6O. The molecule has 7 heteroatoms. The fraction of sp³-hybridized carbons (Fsp3) is 0.720. The van der Waals surface area contributed by atoms with Crippen molar-refractivity contribution in [3.63, 3.8) is 0 Å². The molecule has 0 bridgehead atoms. The van der Waals surface area contributed by atoms with Crippen LogP contribution in [0.25, 0.3) is 11.0 Å². The van der Waals surface area contributed by atoms with Gasteiger partial charge in [0.1, 0.15) is 0 Å². The summed E-state index contributed by atoms with van der Waals surface area (Å²) in [6, 6.07) is 4.78. The van der Waals surface area contributed by atoms with Crippen LogP contribution in [0.2, 0.25) is 0 Å². The first-order chi connectivity index (χ1) is 15.7. The highest BCUT2D eigenvalue weighted by Gasteiger charge is 2.28. The molecule has 2 aliphatic heterocycles. The summed E-state index contributed by atoms with van der Waals surface area (Å²) >= 11 is 0. The molecule has 2 saturated heterocycles. The molecule has 3 aliphatic rings. The zero-order valence-electron chi connectivity index (χ0n) is 19.5. The van der Waals surface area contributed by atoms with Gasteiger partial charge in [0, 0.05) is 37.2 Å². The number of piperidine rings is 2. The minimum absolute atomic E-state index is 0.317. The number of aromatic amines is 1. The Bertz CT molecular complexity index is 912. The number of aromatic nitrogens is 3. The number of anilines is 1. The second kappa shape index (κ2) is 9.77. The fourth-order valence-electron chi connectivity index (χ4n) is 5.82. The molecule has 4 heterocycles. The van der Waals surface area contributed by atoms with Crippen molar-refractivity contribution in [3.05, 3.63) is 17.8 Å². The van der Waals surface area contributed by atoms with Crippen LogP contribution in [-0.4, -0.2) is 70.2 Å². The second-order valence-electron chi connectivity index (χ2n) is 10.3. The lowest BCUT2D eigenvalue weighted by Gasteiger charge is -2.34. The van der Waals surface area contributed by atoms with E-state index < -0.39 is 0 Å². The van der Waals surface area contributed by atoms with Crippen molar-refractivity contribution in [2.24, 2.45) is 5.92 Å². The molecule has 0 spiro atoms. The van der Waals surface area contributed by atoms with E-state index in [-0.39, 0.29) is 0 Å². The summed E-state index contributed by atoms with van der Waals surface area (Å²) in [4.78, 5) is 22.4. The van der Waals surface area contributed by atoms with Gasteiger partial charge in [-0.3, -0.25) is 9.89 Å². The largest absolute Gasteiger partial charge is 0.365 e. The quantitative estimate of drug-likeness (QED) is 0.734. The summed E-state index contributed by atoms with van der Waals surface area (Å²) in [7, 11) is 2.18. The summed E-state index contributed by atoms with van der Waals surface area (Å²) in [5, 5.41) is 12.4. The van der Waals surface area contributed by atoms with Gasteiger partial charge in [-0.2, -0.15) is 5.10 Å². The van der Waals surface area contributed by atoms with E-state index in [1.54, 1.807) is 0 Å². The van der Waals surface area contributed by atoms with Crippen molar-refractivity contribution in [2.45, 2.75) is 76.2 Å². The number of fused-ring (bicyclic) bond motifs is 1. The molecule has 1 amide bonds. The van der Waals surface area contributed by atoms with Gasteiger partial charge in [-0.1, -0.05) is 19.3 Å². The van der Waals surface area contributed by atoms with E-state index in [0.29, 0.717) is 23.8 Å². The Morgan fingerprint density at radius 2 is 1.88 bits per heavy atom. The van der Waals surface area contributed by atoms with Crippen LogP contribution in [0, 0.1) is 5.92 Å². The van der Waals surface area contributed by atoms with Crippen LogP contribution >= 0.6 is 0 Å². The van der Waals surface area contributed by atoms with E-state index in [4.69, 9.17) is 4.98 Å². The molecule has 1 atom stereocenters. The van der Waals surface area contributed by atoms with Crippen LogP contribution in [0.3, 0.4) is 0 Å². The van der Waals surface area contributed by atoms with Crippen LogP contribution < -0.4 is 5.32 Å². The Morgan fingerprint density at radius 1 is 1.06 bits per heavy atom. The predicted octanol–water partition coefficient (Wildman–Crippen LogP) is 4.14. The number of nitrogens with zero attached hydrogens (tertiary/aromatic N) is 4. The fourth-order valence-corrected chi connectivity index (χ4v) is 5.82. The second-order valence-corrected chi connectivity index (χ2v) is 10.3. The van der Waals surface area contributed by atoms with Gasteiger partial charge in [0.15, 0.2) is 11.5 Å². The van der Waals surface area contributed by atoms with Crippen molar-refractivity contribution < 1.29 is 4.79 Å². The van der Waals surface area contributed by atoms with Crippen LogP contribution in [0.1, 0.15) is 75.8 Å². The minimum Gasteiger partial charge on any atom is -0.365 e. The number of rotatable bonds is 5. The topological polar surface area (TPSA) is 77.2 Å². The highest BCUT2D eigenvalue weighted by molar-refractivity contribution is 5.87. The molecular weight excluding hydrogens is 400 g/mol. The summed E-state index contributed by atoms with van der Waals surface area (Å²) in [5.74, 6) is 2.19. The lowest BCUT2D eigenvalue weighted by molar-refractivity contribution is -0.133. The first-order valence-corrected chi connectivity index (χ1v) is 12.7. The Morgan fingerprint density at radius 3 is 2.69 bits per heavy atom. The average Bonchev–Trinajstić information content (AvgIpc) is 3.23. The first-order valence-electron chi connectivity index (χ1n) is 12.7. The van der Waals surface area contributed by atoms with Crippen molar-refractivity contribution in [1.29, 1.82) is 0 Å². The molecule has 2 aromatic heterocycles. The van der Waals surface area contributed by atoms with Gasteiger partial charge < -0.3 is 15.1 Å². The maximum absolute atomic E-state index is 12.9. The van der Waals surface area contributed by atoms with E-state index in [9.17, 15) is 4.79 Å². The maximum Gasteiger partial charge on any atom is 0.222 e. The van der Waals surface area contributed by atoms with Gasteiger partial charge in [-0.15, -0.1) is 0 Å². The van der Waals surface area contributed by atoms with Crippen LogP contribution in [0.15, 0.2) is 12.1 Å². The van der Waals surface area contributed by atoms with Crippen molar-refractivity contribution >= 4 is 22.8 Å². The van der Waals surface area contributed by atoms with E-state index in [2.05, 4.69) is 44.5 Å². The SMILES string of the molecule is CN1CCC(Nc2n[nH]c3nc([C@@H]4CCCN(C(=O)CC5CCCCC5)C4)ccc23)CC1. The maximum atomic E-state index is 12.9. The summed E-state index contributed by atoms with van der Waals surface area (Å²) in [6.07, 6.45) is 11.6. The molecule has 2 N–H and O–H groups in total. The smallest absolute Gasteiger partial charge is 0.222 e. The number of amides is 1. The highest BCUT2D eigenvalue weighted by Crippen LogP contribution is 2.31. The van der Waals surface area contributed by atoms with E-state index in [0.717, 1.165) is 80.8 Å². The molecule has 0 radical (unpaired) electrons. The Hall–Kier alpha value is -2.15. The monoisotopic (exact) mass is 438 g/mol. The molecule has 5 rings (SSSR count). The number of pyridine rings is 1. The van der Waals surface area contributed by atoms with Crippen LogP contribution in [-0.2, 0) is 4.79 Å². The molecule has 0 aromatic carbocycles. The van der Waals surface area contributed by atoms with E-state index in [1.807, 2.05) is 0 Å². The first kappa shape index (κ1) is 21.7. The standard InChI is InChI=1S/C25H38N6O/c1-30-14-11-20(12-15-30)26-24-21-9-10-22(27-25(21)29-28-24)19-8-5-13-31(17-19)23(32)16-18-6-3-2-4-7-18/h9-10,18-20H,2-8,11-17H2,1H3,(H2,26,27,28,29)/t19-/m1/s1. The molecule has 1 saturated carbocycles. The van der Waals surface area contributed by atoms with Crippen molar-refractivity contribution in [2.75, 3.05) is 38.5 Å². The summed E-state index contributed by atoms with van der Waals surface area (Å²) < 4.78 is 0. The lowest BCUT2D eigenvalue weighted by atomic mass is 9.86. The van der Waals surface area contributed by atoms with E-state index in [1.165, 1.54) is 32.1 Å². The van der Waals surface area contributed by atoms with Crippen LogP contribution in [0.4, 0.5) is 5.82 Å². The molecule has 1 aliphatic carbocycles. The summed E-state index contributed by atoms with van der Waals surface area (Å²) in [5.41, 5.74) is 1.94. The third-order valence-corrected chi connectivity index (χ3v) is 7.89. The van der Waals surface area contributed by atoms with Crippen molar-refractivity contribution in [3.8, 4) is 0 Å². The normalized spacial score (nSPS) is 24.2. The van der Waals surface area contributed by atoms with Gasteiger partial charge in [0.25, 0.3) is 0 Å². The van der Waals surface area contributed by atoms with Gasteiger partial charge in [-0.05, 0) is 76.7 Å². The number of carbonyl (C=O) groups is 1. The average molecular weight is 439 g/mol.